The van der Waals surface area contributed by atoms with Crippen LogP contribution in [-0.4, -0.2) is 23.7 Å². The summed E-state index contributed by atoms with van der Waals surface area (Å²) in [6.45, 7) is 0.827. The van der Waals surface area contributed by atoms with Gasteiger partial charge in [-0.2, -0.15) is 0 Å². The molecule has 1 N–H and O–H groups in total. The van der Waals surface area contributed by atoms with Gasteiger partial charge in [0.05, 0.1) is 11.6 Å². The van der Waals surface area contributed by atoms with Crippen LogP contribution >= 0.6 is 22.9 Å². The highest BCUT2D eigenvalue weighted by atomic mass is 35.5. The lowest BCUT2D eigenvalue weighted by molar-refractivity contribution is 0.282. The molecule has 2 aromatic heterocycles. The van der Waals surface area contributed by atoms with E-state index in [-0.39, 0.29) is 6.61 Å². The van der Waals surface area contributed by atoms with Gasteiger partial charge in [0.2, 0.25) is 0 Å². The zero-order valence-corrected chi connectivity index (χ0v) is 11.7. The Hall–Kier alpha value is -1.10. The predicted octanol–water partition coefficient (Wildman–Crippen LogP) is 2.97. The molecule has 0 aliphatic carbocycles. The lowest BCUT2D eigenvalue weighted by Crippen LogP contribution is -2.21. The third kappa shape index (κ3) is 3.22. The van der Waals surface area contributed by atoms with E-state index in [4.69, 9.17) is 11.6 Å². The highest BCUT2D eigenvalue weighted by molar-refractivity contribution is 7.09. The molecular weight excluding hydrogens is 268 g/mol. The van der Waals surface area contributed by atoms with Crippen molar-refractivity contribution in [3.63, 3.8) is 0 Å². The van der Waals surface area contributed by atoms with E-state index in [0.717, 1.165) is 18.8 Å². The Labute approximate surface area is 116 Å². The van der Waals surface area contributed by atoms with E-state index in [2.05, 4.69) is 27.4 Å². The lowest BCUT2D eigenvalue weighted by Gasteiger charge is -2.18. The van der Waals surface area contributed by atoms with Crippen molar-refractivity contribution in [2.45, 2.75) is 13.0 Å². The molecular formula is C13H15ClN2OS. The normalized spacial score (nSPS) is 10.6. The number of aliphatic hydroxyl groups excluding tert-OH is 1. The Balaban J connectivity index is 2.02. The molecule has 2 rings (SSSR count). The summed E-state index contributed by atoms with van der Waals surface area (Å²) in [5, 5.41) is 11.8. The molecule has 0 aliphatic rings. The highest BCUT2D eigenvalue weighted by Crippen LogP contribution is 2.20. The molecule has 2 aromatic rings. The largest absolute Gasteiger partial charge is 0.392 e. The van der Waals surface area contributed by atoms with Gasteiger partial charge in [-0.1, -0.05) is 17.7 Å². The number of anilines is 1. The summed E-state index contributed by atoms with van der Waals surface area (Å²) in [5.41, 5.74) is 0.713. The van der Waals surface area contributed by atoms with Gasteiger partial charge in [0.15, 0.2) is 0 Å². The summed E-state index contributed by atoms with van der Waals surface area (Å²) >= 11 is 7.68. The molecule has 0 atom stereocenters. The number of hydrogen-bond acceptors (Lipinski definition) is 4. The quantitative estimate of drug-likeness (QED) is 0.916. The zero-order chi connectivity index (χ0) is 13.0. The number of aromatic nitrogens is 1. The smallest absolute Gasteiger partial charge is 0.128 e. The fourth-order valence-corrected chi connectivity index (χ4v) is 2.51. The Kier molecular flexibility index (Phi) is 4.58. The van der Waals surface area contributed by atoms with Crippen LogP contribution in [-0.2, 0) is 13.0 Å². The minimum atomic E-state index is -0.0624. The summed E-state index contributed by atoms with van der Waals surface area (Å²) in [6.07, 6.45) is 2.58. The fourth-order valence-electron chi connectivity index (χ4n) is 1.64. The van der Waals surface area contributed by atoms with Crippen LogP contribution in [0.15, 0.2) is 29.8 Å². The van der Waals surface area contributed by atoms with Crippen LogP contribution in [0.5, 0.6) is 0 Å². The molecule has 0 bridgehead atoms. The van der Waals surface area contributed by atoms with Gasteiger partial charge in [0, 0.05) is 30.2 Å². The van der Waals surface area contributed by atoms with E-state index in [1.54, 1.807) is 17.5 Å². The standard InChI is InChI=1S/C13H15ClN2OS/c1-16(5-4-11-3-2-6-18-11)13-7-10(9-17)12(14)8-15-13/h2-3,6-8,17H,4-5,9H2,1H3. The van der Waals surface area contributed by atoms with Gasteiger partial charge in [-0.05, 0) is 23.9 Å². The Morgan fingerprint density at radius 2 is 2.33 bits per heavy atom. The van der Waals surface area contributed by atoms with Crippen LogP contribution < -0.4 is 4.90 Å². The summed E-state index contributed by atoms with van der Waals surface area (Å²) in [5.74, 6) is 0.833. The van der Waals surface area contributed by atoms with Gasteiger partial charge in [-0.25, -0.2) is 4.98 Å². The van der Waals surface area contributed by atoms with Crippen molar-refractivity contribution in [2.24, 2.45) is 0 Å². The molecule has 0 aliphatic heterocycles. The Morgan fingerprint density at radius 3 is 3.00 bits per heavy atom. The van der Waals surface area contributed by atoms with Crippen LogP contribution in [0.4, 0.5) is 5.82 Å². The number of hydrogen-bond donors (Lipinski definition) is 1. The second-order valence-electron chi connectivity index (χ2n) is 4.04. The molecule has 0 unspecified atom stereocenters. The summed E-state index contributed by atoms with van der Waals surface area (Å²) in [6, 6.07) is 6.02. The summed E-state index contributed by atoms with van der Waals surface area (Å²) in [4.78, 5) is 7.70. The second kappa shape index (κ2) is 6.18. The van der Waals surface area contributed by atoms with Crippen molar-refractivity contribution in [3.05, 3.63) is 45.2 Å². The van der Waals surface area contributed by atoms with Gasteiger partial charge >= 0.3 is 0 Å². The maximum absolute atomic E-state index is 9.18. The number of aliphatic hydroxyl groups is 1. The van der Waals surface area contributed by atoms with Crippen molar-refractivity contribution >= 4 is 28.8 Å². The molecule has 0 radical (unpaired) electrons. The monoisotopic (exact) mass is 282 g/mol. The molecule has 18 heavy (non-hydrogen) atoms. The van der Waals surface area contributed by atoms with Crippen molar-refractivity contribution in [1.29, 1.82) is 0 Å². The second-order valence-corrected chi connectivity index (χ2v) is 5.48. The first kappa shape index (κ1) is 13.3. The zero-order valence-electron chi connectivity index (χ0n) is 10.1. The lowest BCUT2D eigenvalue weighted by atomic mass is 10.2. The molecule has 0 spiro atoms. The first-order chi connectivity index (χ1) is 8.70. The predicted molar refractivity (Wildman–Crippen MR) is 76.5 cm³/mol. The molecule has 5 heteroatoms. The van der Waals surface area contributed by atoms with E-state index in [9.17, 15) is 5.11 Å². The number of rotatable bonds is 5. The molecule has 0 saturated carbocycles. The van der Waals surface area contributed by atoms with Gasteiger partial charge in [0.25, 0.3) is 0 Å². The minimum absolute atomic E-state index is 0.0624. The van der Waals surface area contributed by atoms with Crippen molar-refractivity contribution in [1.82, 2.24) is 4.98 Å². The molecule has 2 heterocycles. The van der Waals surface area contributed by atoms with Crippen LogP contribution in [0.3, 0.4) is 0 Å². The van der Waals surface area contributed by atoms with Crippen LogP contribution in [0, 0.1) is 0 Å². The molecule has 0 fully saturated rings. The van der Waals surface area contributed by atoms with Crippen molar-refractivity contribution < 1.29 is 5.11 Å². The Bertz CT molecular complexity index is 502. The topological polar surface area (TPSA) is 36.4 Å². The molecule has 96 valence electrons. The van der Waals surface area contributed by atoms with Gasteiger partial charge in [-0.3, -0.25) is 0 Å². The molecule has 3 nitrogen and oxygen atoms in total. The molecule has 0 aromatic carbocycles. The number of halogens is 1. The van der Waals surface area contributed by atoms with Crippen molar-refractivity contribution in [3.8, 4) is 0 Å². The summed E-state index contributed by atoms with van der Waals surface area (Å²) in [7, 11) is 1.99. The van der Waals surface area contributed by atoms with E-state index >= 15 is 0 Å². The maximum atomic E-state index is 9.18. The molecule has 0 saturated heterocycles. The van der Waals surface area contributed by atoms with Crippen LogP contribution in [0.25, 0.3) is 0 Å². The highest BCUT2D eigenvalue weighted by Gasteiger charge is 2.07. The third-order valence-corrected chi connectivity index (χ3v) is 4.03. The van der Waals surface area contributed by atoms with E-state index in [0.29, 0.717) is 10.6 Å². The summed E-state index contributed by atoms with van der Waals surface area (Å²) < 4.78 is 0. The average molecular weight is 283 g/mol. The van der Waals surface area contributed by atoms with E-state index in [1.165, 1.54) is 4.88 Å². The van der Waals surface area contributed by atoms with Gasteiger partial charge in [0.1, 0.15) is 5.82 Å². The number of nitrogens with zero attached hydrogens (tertiary/aromatic N) is 2. The van der Waals surface area contributed by atoms with E-state index < -0.39 is 0 Å². The first-order valence-electron chi connectivity index (χ1n) is 5.69. The first-order valence-corrected chi connectivity index (χ1v) is 6.95. The van der Waals surface area contributed by atoms with Gasteiger partial charge < -0.3 is 10.0 Å². The number of pyridine rings is 1. The fraction of sp³-hybridized carbons (Fsp3) is 0.308. The molecule has 0 amide bonds. The van der Waals surface area contributed by atoms with Crippen LogP contribution in [0.2, 0.25) is 5.02 Å². The SMILES string of the molecule is CN(CCc1cccs1)c1cc(CO)c(Cl)cn1. The number of thiophene rings is 1. The van der Waals surface area contributed by atoms with E-state index in [1.807, 2.05) is 13.1 Å². The maximum Gasteiger partial charge on any atom is 0.128 e. The van der Waals surface area contributed by atoms with Crippen molar-refractivity contribution in [2.75, 3.05) is 18.5 Å². The third-order valence-electron chi connectivity index (χ3n) is 2.76. The minimum Gasteiger partial charge on any atom is -0.392 e. The number of likely N-dealkylation sites (N-methyl/N-ethyl adjacent to an activating group) is 1. The Morgan fingerprint density at radius 1 is 1.50 bits per heavy atom. The average Bonchev–Trinajstić information content (AvgIpc) is 2.89. The van der Waals surface area contributed by atoms with Gasteiger partial charge in [-0.15, -0.1) is 11.3 Å². The van der Waals surface area contributed by atoms with Crippen LogP contribution in [0.1, 0.15) is 10.4 Å².